The Morgan fingerprint density at radius 2 is 2.12 bits per heavy atom. The van der Waals surface area contributed by atoms with Crippen LogP contribution in [-0.2, 0) is 18.2 Å². The summed E-state index contributed by atoms with van der Waals surface area (Å²) in [4.78, 5) is 19.1. The third-order valence-electron chi connectivity index (χ3n) is 5.43. The summed E-state index contributed by atoms with van der Waals surface area (Å²) in [6.07, 6.45) is 3.59. The van der Waals surface area contributed by atoms with Gasteiger partial charge in [0, 0.05) is 51.4 Å². The zero-order valence-corrected chi connectivity index (χ0v) is 15.3. The number of hydrogen-bond acceptors (Lipinski definition) is 6. The minimum absolute atomic E-state index is 0.00667. The fourth-order valence-electron chi connectivity index (χ4n) is 3.73. The van der Waals surface area contributed by atoms with Crippen molar-refractivity contribution in [1.29, 1.82) is 0 Å². The van der Waals surface area contributed by atoms with Crippen molar-refractivity contribution < 1.29 is 14.1 Å². The molecule has 0 aromatic carbocycles. The highest BCUT2D eigenvalue weighted by atomic mass is 16.5. The first-order valence-corrected chi connectivity index (χ1v) is 9.30. The molecule has 1 unspecified atom stereocenters. The first-order chi connectivity index (χ1) is 12.6. The Labute approximate surface area is 152 Å². The van der Waals surface area contributed by atoms with E-state index < -0.39 is 0 Å². The zero-order chi connectivity index (χ0) is 18.1. The smallest absolute Gasteiger partial charge is 0.274 e. The molecule has 2 fully saturated rings. The average molecular weight is 359 g/mol. The minimum Gasteiger partial charge on any atom is -0.381 e. The minimum atomic E-state index is 0.00667. The fourth-order valence-corrected chi connectivity index (χ4v) is 3.73. The number of hydrogen-bond donors (Lipinski definition) is 0. The molecule has 0 N–H and O–H groups in total. The third kappa shape index (κ3) is 3.51. The first-order valence-electron chi connectivity index (χ1n) is 9.30. The van der Waals surface area contributed by atoms with Crippen molar-refractivity contribution in [2.45, 2.75) is 38.5 Å². The molecule has 1 amide bonds. The summed E-state index contributed by atoms with van der Waals surface area (Å²) in [5.41, 5.74) is 1.50. The van der Waals surface area contributed by atoms with Crippen LogP contribution in [0.2, 0.25) is 0 Å². The topological polar surface area (TPSA) is 86.3 Å². The number of nitrogens with zero attached hydrogens (tertiary/aromatic N) is 5. The van der Waals surface area contributed by atoms with E-state index in [1.165, 1.54) is 0 Å². The number of amides is 1. The Hall–Kier alpha value is -2.22. The molecule has 0 radical (unpaired) electrons. The molecule has 1 atom stereocenters. The quantitative estimate of drug-likeness (QED) is 0.826. The second-order valence-corrected chi connectivity index (χ2v) is 7.34. The van der Waals surface area contributed by atoms with Gasteiger partial charge in [0.05, 0.1) is 0 Å². The number of likely N-dealkylation sites (tertiary alicyclic amines) is 1. The molecule has 8 nitrogen and oxygen atoms in total. The lowest BCUT2D eigenvalue weighted by Crippen LogP contribution is -2.29. The Balaban J connectivity index is 1.34. The molecule has 0 spiro atoms. The highest BCUT2D eigenvalue weighted by molar-refractivity contribution is 5.92. The molecule has 4 heterocycles. The number of carbonyl (C=O) groups is 1. The van der Waals surface area contributed by atoms with Crippen LogP contribution >= 0.6 is 0 Å². The first kappa shape index (κ1) is 17.2. The molecule has 2 saturated heterocycles. The number of aromatic nitrogens is 4. The predicted octanol–water partition coefficient (Wildman–Crippen LogP) is 1.71. The van der Waals surface area contributed by atoms with Crippen LogP contribution in [0.5, 0.6) is 0 Å². The lowest BCUT2D eigenvalue weighted by Gasteiger charge is -2.18. The number of rotatable bonds is 4. The van der Waals surface area contributed by atoms with Gasteiger partial charge in [0.2, 0.25) is 5.89 Å². The van der Waals surface area contributed by atoms with Crippen molar-refractivity contribution in [3.8, 4) is 0 Å². The molecular formula is C18H25N5O3. The highest BCUT2D eigenvalue weighted by Gasteiger charge is 2.30. The van der Waals surface area contributed by atoms with Crippen LogP contribution in [0.25, 0.3) is 0 Å². The van der Waals surface area contributed by atoms with Crippen LogP contribution < -0.4 is 0 Å². The molecule has 2 aliphatic rings. The second kappa shape index (κ2) is 7.19. The van der Waals surface area contributed by atoms with E-state index in [-0.39, 0.29) is 5.91 Å². The van der Waals surface area contributed by atoms with Gasteiger partial charge in [0.1, 0.15) is 0 Å². The molecule has 26 heavy (non-hydrogen) atoms. The van der Waals surface area contributed by atoms with Crippen LogP contribution in [0.3, 0.4) is 0 Å². The molecule has 0 aliphatic carbocycles. The van der Waals surface area contributed by atoms with Gasteiger partial charge in [-0.15, -0.1) is 0 Å². The number of aryl methyl sites for hydroxylation is 2. The maximum absolute atomic E-state index is 12.6. The number of carbonyl (C=O) groups excluding carboxylic acids is 1. The standard InChI is InChI=1S/C18H25N5O3/c1-12-9-15(20-22(12)2)18(24)23-6-3-13(11-23)10-16-19-17(26-21-16)14-4-7-25-8-5-14/h9,13-14H,3-8,10-11H2,1-2H3. The molecular weight excluding hydrogens is 334 g/mol. The van der Waals surface area contributed by atoms with Crippen molar-refractivity contribution >= 4 is 5.91 Å². The second-order valence-electron chi connectivity index (χ2n) is 7.34. The molecule has 4 rings (SSSR count). The Kier molecular flexibility index (Phi) is 4.76. The van der Waals surface area contributed by atoms with Crippen molar-refractivity contribution in [3.63, 3.8) is 0 Å². The van der Waals surface area contributed by atoms with E-state index in [9.17, 15) is 4.79 Å². The van der Waals surface area contributed by atoms with Gasteiger partial charge in [-0.3, -0.25) is 9.48 Å². The summed E-state index contributed by atoms with van der Waals surface area (Å²) in [6, 6.07) is 1.84. The van der Waals surface area contributed by atoms with E-state index in [1.54, 1.807) is 4.68 Å². The molecule has 2 aliphatic heterocycles. The highest BCUT2D eigenvalue weighted by Crippen LogP contribution is 2.27. The summed E-state index contributed by atoms with van der Waals surface area (Å²) in [5.74, 6) is 2.17. The van der Waals surface area contributed by atoms with Crippen molar-refractivity contribution in [3.05, 3.63) is 29.2 Å². The molecule has 140 valence electrons. The Morgan fingerprint density at radius 1 is 1.31 bits per heavy atom. The zero-order valence-electron chi connectivity index (χ0n) is 15.3. The molecule has 0 bridgehead atoms. The van der Waals surface area contributed by atoms with E-state index in [2.05, 4.69) is 15.2 Å². The summed E-state index contributed by atoms with van der Waals surface area (Å²) < 4.78 is 12.6. The summed E-state index contributed by atoms with van der Waals surface area (Å²) in [7, 11) is 1.85. The van der Waals surface area contributed by atoms with Gasteiger partial charge >= 0.3 is 0 Å². The van der Waals surface area contributed by atoms with E-state index in [1.807, 2.05) is 24.9 Å². The summed E-state index contributed by atoms with van der Waals surface area (Å²) in [5, 5.41) is 8.45. The van der Waals surface area contributed by atoms with E-state index in [0.717, 1.165) is 69.4 Å². The SMILES string of the molecule is Cc1cc(C(=O)N2CCC(Cc3noc(C4CCOCC4)n3)C2)nn1C. The van der Waals surface area contributed by atoms with Crippen molar-refractivity contribution in [2.24, 2.45) is 13.0 Å². The van der Waals surface area contributed by atoms with Gasteiger partial charge in [-0.2, -0.15) is 10.1 Å². The maximum Gasteiger partial charge on any atom is 0.274 e. The largest absolute Gasteiger partial charge is 0.381 e. The van der Waals surface area contributed by atoms with Gasteiger partial charge in [-0.1, -0.05) is 5.16 Å². The van der Waals surface area contributed by atoms with Crippen LogP contribution in [0.4, 0.5) is 0 Å². The molecule has 0 saturated carbocycles. The van der Waals surface area contributed by atoms with Crippen LogP contribution in [0.1, 0.15) is 53.1 Å². The predicted molar refractivity (Wildman–Crippen MR) is 92.8 cm³/mol. The van der Waals surface area contributed by atoms with Gasteiger partial charge in [0.25, 0.3) is 5.91 Å². The van der Waals surface area contributed by atoms with Crippen LogP contribution in [-0.4, -0.2) is 57.0 Å². The van der Waals surface area contributed by atoms with Crippen LogP contribution in [0.15, 0.2) is 10.6 Å². The van der Waals surface area contributed by atoms with E-state index in [4.69, 9.17) is 9.26 Å². The summed E-state index contributed by atoms with van der Waals surface area (Å²) in [6.45, 7) is 4.94. The van der Waals surface area contributed by atoms with E-state index >= 15 is 0 Å². The Morgan fingerprint density at radius 3 is 2.85 bits per heavy atom. The third-order valence-corrected chi connectivity index (χ3v) is 5.43. The fraction of sp³-hybridized carbons (Fsp3) is 0.667. The van der Waals surface area contributed by atoms with Gasteiger partial charge < -0.3 is 14.2 Å². The monoisotopic (exact) mass is 359 g/mol. The molecule has 2 aromatic rings. The lowest BCUT2D eigenvalue weighted by atomic mass is 10.0. The maximum atomic E-state index is 12.6. The Bertz CT molecular complexity index is 758. The van der Waals surface area contributed by atoms with Gasteiger partial charge in [0.15, 0.2) is 11.5 Å². The molecule has 2 aromatic heterocycles. The van der Waals surface area contributed by atoms with Crippen molar-refractivity contribution in [1.82, 2.24) is 24.8 Å². The van der Waals surface area contributed by atoms with E-state index in [0.29, 0.717) is 17.5 Å². The van der Waals surface area contributed by atoms with Crippen LogP contribution in [0, 0.1) is 12.8 Å². The lowest BCUT2D eigenvalue weighted by molar-refractivity contribution is 0.0777. The number of ether oxygens (including phenoxy) is 1. The van der Waals surface area contributed by atoms with Gasteiger partial charge in [-0.05, 0) is 38.2 Å². The molecule has 8 heteroatoms. The normalized spacial score (nSPS) is 21.5. The van der Waals surface area contributed by atoms with Crippen molar-refractivity contribution in [2.75, 3.05) is 26.3 Å². The van der Waals surface area contributed by atoms with Gasteiger partial charge in [-0.25, -0.2) is 0 Å². The summed E-state index contributed by atoms with van der Waals surface area (Å²) >= 11 is 0. The average Bonchev–Trinajstić information content (AvgIpc) is 3.37.